The molecular weight excluding hydrogens is 428 g/mol. The van der Waals surface area contributed by atoms with Crippen molar-refractivity contribution in [1.82, 2.24) is 4.57 Å². The number of halogens is 2. The maximum absolute atomic E-state index is 14.2. The average molecular weight is 451 g/mol. The Kier molecular flexibility index (Phi) is 6.20. The van der Waals surface area contributed by atoms with Crippen LogP contribution in [0.2, 0.25) is 0 Å². The van der Waals surface area contributed by atoms with Gasteiger partial charge in [-0.1, -0.05) is 18.2 Å². The number of aliphatic hydroxyl groups excluding tert-OH is 1. The van der Waals surface area contributed by atoms with E-state index in [0.29, 0.717) is 22.0 Å². The molecule has 0 aliphatic heterocycles. The van der Waals surface area contributed by atoms with Gasteiger partial charge in [-0.3, -0.25) is 4.57 Å². The molecule has 1 N–H and O–H groups in total. The Morgan fingerprint density at radius 1 is 1.23 bits per heavy atom. The molecule has 2 heterocycles. The highest BCUT2D eigenvalue weighted by molar-refractivity contribution is 7.10. The summed E-state index contributed by atoms with van der Waals surface area (Å²) < 4.78 is 39.6. The van der Waals surface area contributed by atoms with E-state index in [-0.39, 0.29) is 11.5 Å². The number of esters is 1. The first-order chi connectivity index (χ1) is 14.5. The lowest BCUT2D eigenvalue weighted by Crippen LogP contribution is -2.37. The second kappa shape index (κ2) is 8.39. The summed E-state index contributed by atoms with van der Waals surface area (Å²) in [6.45, 7) is 6.46. The lowest BCUT2D eigenvalue weighted by atomic mass is 10.1. The van der Waals surface area contributed by atoms with Gasteiger partial charge in [0.15, 0.2) is 6.10 Å². The Balaban J connectivity index is 2.00. The number of ether oxygens (including phenoxy) is 2. The van der Waals surface area contributed by atoms with Crippen molar-refractivity contribution in [2.24, 2.45) is 0 Å². The number of alkyl halides is 2. The monoisotopic (exact) mass is 451 g/mol. The fourth-order valence-corrected chi connectivity index (χ4v) is 3.96. The first kappa shape index (κ1) is 22.9. The summed E-state index contributed by atoms with van der Waals surface area (Å²) in [7, 11) is 0. The van der Waals surface area contributed by atoms with Gasteiger partial charge in [-0.2, -0.15) is 8.78 Å². The van der Waals surface area contributed by atoms with Crippen molar-refractivity contribution in [3.8, 4) is 11.1 Å². The average Bonchev–Trinajstić information content (AvgIpc) is 3.31. The molecule has 1 unspecified atom stereocenters. The van der Waals surface area contributed by atoms with Gasteiger partial charge in [-0.25, -0.2) is 9.59 Å². The molecule has 3 rings (SSSR count). The van der Waals surface area contributed by atoms with Gasteiger partial charge in [0.2, 0.25) is 0 Å². The number of benzene rings is 1. The number of aromatic nitrogens is 1. The third kappa shape index (κ3) is 4.62. The van der Waals surface area contributed by atoms with Crippen LogP contribution in [0.3, 0.4) is 0 Å². The third-order valence-corrected chi connectivity index (χ3v) is 5.38. The van der Waals surface area contributed by atoms with Crippen molar-refractivity contribution in [2.45, 2.75) is 45.3 Å². The molecule has 3 aromatic rings. The van der Waals surface area contributed by atoms with Crippen LogP contribution in [0.1, 0.15) is 38.7 Å². The van der Waals surface area contributed by atoms with Crippen LogP contribution in [-0.2, 0) is 14.3 Å². The van der Waals surface area contributed by atoms with Crippen LogP contribution in [0.15, 0.2) is 41.9 Å². The van der Waals surface area contributed by atoms with Crippen molar-refractivity contribution in [2.75, 3.05) is 6.61 Å². The topological polar surface area (TPSA) is 77.8 Å². The minimum absolute atomic E-state index is 0.0952. The van der Waals surface area contributed by atoms with Gasteiger partial charge in [-0.15, -0.1) is 11.3 Å². The largest absolute Gasteiger partial charge is 0.461 e. The number of aliphatic hydroxyl groups is 1. The molecule has 1 atom stereocenters. The first-order valence-electron chi connectivity index (χ1n) is 9.61. The lowest BCUT2D eigenvalue weighted by molar-refractivity contribution is -0.188. The molecule has 0 aliphatic carbocycles. The van der Waals surface area contributed by atoms with Gasteiger partial charge in [0.1, 0.15) is 5.60 Å². The Morgan fingerprint density at radius 3 is 2.55 bits per heavy atom. The van der Waals surface area contributed by atoms with Gasteiger partial charge in [0, 0.05) is 22.0 Å². The SMILES string of the molecule is CCOC(=O)C(F)(F)C(O)c1cc(-c2cn(C(=O)OC(C)(C)C)c3ccccc23)cs1. The van der Waals surface area contributed by atoms with Gasteiger partial charge < -0.3 is 14.6 Å². The minimum Gasteiger partial charge on any atom is -0.461 e. The maximum Gasteiger partial charge on any atom is 0.419 e. The van der Waals surface area contributed by atoms with Gasteiger partial charge in [0.25, 0.3) is 0 Å². The summed E-state index contributed by atoms with van der Waals surface area (Å²) in [6, 6.07) is 8.49. The van der Waals surface area contributed by atoms with E-state index in [1.807, 2.05) is 0 Å². The zero-order chi connectivity index (χ0) is 23.0. The fraction of sp³-hybridized carbons (Fsp3) is 0.364. The predicted molar refractivity (Wildman–Crippen MR) is 113 cm³/mol. The number of rotatable bonds is 5. The molecule has 2 aromatic heterocycles. The molecule has 0 spiro atoms. The molecule has 0 amide bonds. The second-order valence-corrected chi connectivity index (χ2v) is 8.84. The van der Waals surface area contributed by atoms with Crippen LogP contribution in [0.25, 0.3) is 22.0 Å². The van der Waals surface area contributed by atoms with E-state index in [1.165, 1.54) is 17.6 Å². The first-order valence-corrected chi connectivity index (χ1v) is 10.5. The van der Waals surface area contributed by atoms with Gasteiger partial charge >= 0.3 is 18.0 Å². The summed E-state index contributed by atoms with van der Waals surface area (Å²) in [5, 5.41) is 12.4. The van der Waals surface area contributed by atoms with Crippen LogP contribution < -0.4 is 0 Å². The van der Waals surface area contributed by atoms with E-state index >= 15 is 0 Å². The maximum atomic E-state index is 14.2. The summed E-state index contributed by atoms with van der Waals surface area (Å²) in [5.74, 6) is -5.86. The Bertz CT molecular complexity index is 1110. The number of hydrogen-bond acceptors (Lipinski definition) is 6. The molecule has 0 radical (unpaired) electrons. The van der Waals surface area contributed by atoms with Crippen LogP contribution in [0.5, 0.6) is 0 Å². The van der Waals surface area contributed by atoms with Crippen molar-refractivity contribution in [3.05, 3.63) is 46.8 Å². The standard InChI is InChI=1S/C22H23F2NO5S/c1-5-29-19(27)22(23,24)18(26)17-10-13(12-31-17)15-11-25(20(28)30-21(2,3)4)16-9-7-6-8-14(15)16/h6-12,18,26H,5H2,1-4H3. The molecule has 6 nitrogen and oxygen atoms in total. The van der Waals surface area contributed by atoms with E-state index in [4.69, 9.17) is 4.74 Å². The Labute approximate surface area is 182 Å². The highest BCUT2D eigenvalue weighted by atomic mass is 32.1. The minimum atomic E-state index is -4.08. The van der Waals surface area contributed by atoms with E-state index in [2.05, 4.69) is 4.74 Å². The summed E-state index contributed by atoms with van der Waals surface area (Å²) >= 11 is 0.888. The molecule has 1 aromatic carbocycles. The highest BCUT2D eigenvalue weighted by Gasteiger charge is 2.49. The van der Waals surface area contributed by atoms with Crippen LogP contribution >= 0.6 is 11.3 Å². The van der Waals surface area contributed by atoms with Crippen molar-refractivity contribution in [1.29, 1.82) is 0 Å². The smallest absolute Gasteiger partial charge is 0.419 e. The zero-order valence-corrected chi connectivity index (χ0v) is 18.3. The van der Waals surface area contributed by atoms with Crippen LogP contribution in [-0.4, -0.2) is 39.9 Å². The van der Waals surface area contributed by atoms with Gasteiger partial charge in [0.05, 0.1) is 12.1 Å². The summed E-state index contributed by atoms with van der Waals surface area (Å²) in [5.41, 5.74) is 1.03. The van der Waals surface area contributed by atoms with E-state index in [0.717, 1.165) is 11.3 Å². The predicted octanol–water partition coefficient (Wildman–Crippen LogP) is 5.38. The van der Waals surface area contributed by atoms with E-state index in [1.54, 1.807) is 56.6 Å². The quantitative estimate of drug-likeness (QED) is 0.527. The number of fused-ring (bicyclic) bond motifs is 1. The van der Waals surface area contributed by atoms with Crippen LogP contribution in [0, 0.1) is 0 Å². The molecule has 9 heteroatoms. The van der Waals surface area contributed by atoms with Crippen LogP contribution in [0.4, 0.5) is 13.6 Å². The molecule has 0 bridgehead atoms. The molecule has 0 saturated carbocycles. The molecular formula is C22H23F2NO5S. The molecule has 0 saturated heterocycles. The summed E-state index contributed by atoms with van der Waals surface area (Å²) in [4.78, 5) is 24.1. The molecule has 0 aliphatic rings. The van der Waals surface area contributed by atoms with Crippen molar-refractivity contribution >= 4 is 34.3 Å². The third-order valence-electron chi connectivity index (χ3n) is 4.39. The Hall–Kier alpha value is -2.78. The fourth-order valence-electron chi connectivity index (χ4n) is 3.03. The summed E-state index contributed by atoms with van der Waals surface area (Å²) in [6.07, 6.45) is -1.34. The normalized spacial score (nSPS) is 13.3. The number of nitrogens with zero attached hydrogens (tertiary/aromatic N) is 1. The Morgan fingerprint density at radius 2 is 1.90 bits per heavy atom. The van der Waals surface area contributed by atoms with E-state index in [9.17, 15) is 23.5 Å². The number of hydrogen-bond donors (Lipinski definition) is 1. The number of para-hydroxylation sites is 1. The molecule has 0 fully saturated rings. The second-order valence-electron chi connectivity index (χ2n) is 7.89. The van der Waals surface area contributed by atoms with Crippen molar-refractivity contribution < 1.29 is 33.0 Å². The number of thiophene rings is 1. The molecule has 31 heavy (non-hydrogen) atoms. The van der Waals surface area contributed by atoms with E-state index < -0.39 is 29.7 Å². The zero-order valence-electron chi connectivity index (χ0n) is 17.5. The lowest BCUT2D eigenvalue weighted by Gasteiger charge is -2.19. The highest BCUT2D eigenvalue weighted by Crippen LogP contribution is 2.40. The molecule has 166 valence electrons. The number of carbonyl (C=O) groups excluding carboxylic acids is 2. The van der Waals surface area contributed by atoms with Crippen molar-refractivity contribution in [3.63, 3.8) is 0 Å². The number of carbonyl (C=O) groups is 2. The van der Waals surface area contributed by atoms with Gasteiger partial charge in [-0.05, 0) is 50.8 Å².